The van der Waals surface area contributed by atoms with Gasteiger partial charge in [-0.1, -0.05) is 28.1 Å². The highest BCUT2D eigenvalue weighted by Crippen LogP contribution is 2.11. The summed E-state index contributed by atoms with van der Waals surface area (Å²) >= 11 is 3.31. The lowest BCUT2D eigenvalue weighted by atomic mass is 10.2. The van der Waals surface area contributed by atoms with Crippen molar-refractivity contribution in [3.63, 3.8) is 0 Å². The Kier molecular flexibility index (Phi) is 4.49. The summed E-state index contributed by atoms with van der Waals surface area (Å²) in [5.41, 5.74) is 0.898. The van der Waals surface area contributed by atoms with Crippen molar-refractivity contribution in [3.05, 3.63) is 34.3 Å². The van der Waals surface area contributed by atoms with Crippen LogP contribution in [0.3, 0.4) is 0 Å². The summed E-state index contributed by atoms with van der Waals surface area (Å²) < 4.78 is 5.88. The van der Waals surface area contributed by atoms with Crippen molar-refractivity contribution >= 4 is 27.7 Å². The van der Waals surface area contributed by atoms with Crippen LogP contribution in [-0.2, 0) is 20.9 Å². The summed E-state index contributed by atoms with van der Waals surface area (Å²) in [6, 6.07) is 7.44. The molecule has 80 valence electrons. The van der Waals surface area contributed by atoms with Gasteiger partial charge in [0.15, 0.2) is 0 Å². The van der Waals surface area contributed by atoms with Crippen LogP contribution in [0, 0.1) is 0 Å². The minimum Gasteiger partial charge on any atom is -0.460 e. The summed E-state index contributed by atoms with van der Waals surface area (Å²) in [4.78, 5) is 21.6. The Morgan fingerprint density at radius 2 is 1.87 bits per heavy atom. The number of ketones is 1. The Morgan fingerprint density at radius 1 is 1.27 bits per heavy atom. The van der Waals surface area contributed by atoms with Gasteiger partial charge in [-0.3, -0.25) is 9.59 Å². The Morgan fingerprint density at radius 3 is 2.40 bits per heavy atom. The van der Waals surface area contributed by atoms with E-state index in [9.17, 15) is 9.59 Å². The van der Waals surface area contributed by atoms with Crippen molar-refractivity contribution in [2.45, 2.75) is 20.0 Å². The Labute approximate surface area is 96.6 Å². The molecule has 1 aromatic rings. The fraction of sp³-hybridized carbons (Fsp3) is 0.273. The maximum Gasteiger partial charge on any atom is 0.313 e. The molecule has 1 rings (SSSR count). The van der Waals surface area contributed by atoms with E-state index < -0.39 is 5.97 Å². The van der Waals surface area contributed by atoms with Gasteiger partial charge in [0.2, 0.25) is 0 Å². The van der Waals surface area contributed by atoms with Crippen LogP contribution in [0.25, 0.3) is 0 Å². The Hall–Kier alpha value is -1.16. The lowest BCUT2D eigenvalue weighted by Crippen LogP contribution is -2.08. The molecule has 0 fully saturated rings. The third kappa shape index (κ3) is 4.74. The lowest BCUT2D eigenvalue weighted by molar-refractivity contribution is -0.146. The molecule has 0 bridgehead atoms. The molecule has 0 N–H and O–H groups in total. The van der Waals surface area contributed by atoms with E-state index in [2.05, 4.69) is 15.9 Å². The van der Waals surface area contributed by atoms with Crippen molar-refractivity contribution in [3.8, 4) is 0 Å². The zero-order valence-corrected chi connectivity index (χ0v) is 9.91. The summed E-state index contributed by atoms with van der Waals surface area (Å²) in [5.74, 6) is -0.666. The van der Waals surface area contributed by atoms with Crippen LogP contribution in [0.4, 0.5) is 0 Å². The SMILES string of the molecule is CC(=O)CC(=O)OCc1ccc(Br)cc1. The predicted octanol–water partition coefficient (Wildman–Crippen LogP) is 2.47. The zero-order chi connectivity index (χ0) is 11.3. The van der Waals surface area contributed by atoms with Gasteiger partial charge >= 0.3 is 5.97 Å². The van der Waals surface area contributed by atoms with Crippen LogP contribution in [-0.4, -0.2) is 11.8 Å². The number of halogens is 1. The maximum atomic E-state index is 11.0. The highest BCUT2D eigenvalue weighted by molar-refractivity contribution is 9.10. The minimum atomic E-state index is -0.481. The van der Waals surface area contributed by atoms with Crippen LogP contribution in [0.2, 0.25) is 0 Å². The van der Waals surface area contributed by atoms with E-state index in [1.807, 2.05) is 24.3 Å². The fourth-order valence-electron chi connectivity index (χ4n) is 0.999. The molecule has 0 aliphatic heterocycles. The number of Topliss-reactive ketones (excluding diaryl/α,β-unsaturated/α-hetero) is 1. The van der Waals surface area contributed by atoms with Gasteiger partial charge in [0.1, 0.15) is 18.8 Å². The summed E-state index contributed by atoms with van der Waals surface area (Å²) in [6.45, 7) is 1.57. The first-order valence-corrected chi connectivity index (χ1v) is 5.27. The average molecular weight is 271 g/mol. The van der Waals surface area contributed by atoms with Crippen molar-refractivity contribution in [1.29, 1.82) is 0 Å². The van der Waals surface area contributed by atoms with Gasteiger partial charge in [0, 0.05) is 4.47 Å². The van der Waals surface area contributed by atoms with E-state index in [4.69, 9.17) is 4.74 Å². The molecule has 4 heteroatoms. The van der Waals surface area contributed by atoms with E-state index in [-0.39, 0.29) is 18.8 Å². The van der Waals surface area contributed by atoms with Crippen molar-refractivity contribution < 1.29 is 14.3 Å². The number of rotatable bonds is 4. The highest BCUT2D eigenvalue weighted by atomic mass is 79.9. The number of ether oxygens (including phenoxy) is 1. The van der Waals surface area contributed by atoms with E-state index in [1.54, 1.807) is 0 Å². The molecule has 15 heavy (non-hydrogen) atoms. The summed E-state index contributed by atoms with van der Waals surface area (Å²) in [7, 11) is 0. The van der Waals surface area contributed by atoms with Crippen LogP contribution in [0.15, 0.2) is 28.7 Å². The first-order chi connectivity index (χ1) is 7.08. The second-order valence-electron chi connectivity index (χ2n) is 3.17. The lowest BCUT2D eigenvalue weighted by Gasteiger charge is -2.03. The van der Waals surface area contributed by atoms with Crippen molar-refractivity contribution in [2.75, 3.05) is 0 Å². The molecule has 0 aliphatic carbocycles. The molecule has 0 unspecified atom stereocenters. The van der Waals surface area contributed by atoms with Gasteiger partial charge in [-0.2, -0.15) is 0 Å². The third-order valence-electron chi connectivity index (χ3n) is 1.71. The van der Waals surface area contributed by atoms with Gasteiger partial charge in [-0.05, 0) is 24.6 Å². The van der Waals surface area contributed by atoms with Crippen LogP contribution in [0.1, 0.15) is 18.9 Å². The van der Waals surface area contributed by atoms with Gasteiger partial charge < -0.3 is 4.74 Å². The molecule has 0 spiro atoms. The molecular weight excluding hydrogens is 260 g/mol. The second-order valence-corrected chi connectivity index (χ2v) is 4.08. The van der Waals surface area contributed by atoms with Crippen LogP contribution >= 0.6 is 15.9 Å². The molecule has 0 amide bonds. The van der Waals surface area contributed by atoms with Gasteiger partial charge in [-0.15, -0.1) is 0 Å². The largest absolute Gasteiger partial charge is 0.460 e. The number of benzene rings is 1. The van der Waals surface area contributed by atoms with E-state index >= 15 is 0 Å². The molecule has 0 saturated heterocycles. The third-order valence-corrected chi connectivity index (χ3v) is 2.24. The molecule has 0 aliphatic rings. The molecule has 0 heterocycles. The van der Waals surface area contributed by atoms with Crippen molar-refractivity contribution in [1.82, 2.24) is 0 Å². The standard InChI is InChI=1S/C11H11BrO3/c1-8(13)6-11(14)15-7-9-2-4-10(12)5-3-9/h2-5H,6-7H2,1H3. The Balaban J connectivity index is 2.40. The van der Waals surface area contributed by atoms with Crippen LogP contribution < -0.4 is 0 Å². The second kappa shape index (κ2) is 5.66. The molecule has 0 saturated carbocycles. The quantitative estimate of drug-likeness (QED) is 0.624. The van der Waals surface area contributed by atoms with Gasteiger partial charge in [-0.25, -0.2) is 0 Å². The number of hydrogen-bond donors (Lipinski definition) is 0. The molecule has 0 aromatic heterocycles. The van der Waals surface area contributed by atoms with Crippen molar-refractivity contribution in [2.24, 2.45) is 0 Å². The first-order valence-electron chi connectivity index (χ1n) is 4.47. The number of esters is 1. The molecule has 0 radical (unpaired) electrons. The van der Waals surface area contributed by atoms with Crippen LogP contribution in [0.5, 0.6) is 0 Å². The number of hydrogen-bond acceptors (Lipinski definition) is 3. The summed E-state index contributed by atoms with van der Waals surface area (Å²) in [6.07, 6.45) is -0.156. The number of carbonyl (C=O) groups is 2. The normalized spacial score (nSPS) is 9.73. The topological polar surface area (TPSA) is 43.4 Å². The maximum absolute atomic E-state index is 11.0. The molecule has 1 aromatic carbocycles. The average Bonchev–Trinajstić information content (AvgIpc) is 2.16. The number of carbonyl (C=O) groups excluding carboxylic acids is 2. The monoisotopic (exact) mass is 270 g/mol. The predicted molar refractivity (Wildman–Crippen MR) is 59.2 cm³/mol. The summed E-state index contributed by atoms with van der Waals surface area (Å²) in [5, 5.41) is 0. The van der Waals surface area contributed by atoms with Gasteiger partial charge in [0.25, 0.3) is 0 Å². The van der Waals surface area contributed by atoms with E-state index in [0.29, 0.717) is 0 Å². The van der Waals surface area contributed by atoms with E-state index in [1.165, 1.54) is 6.92 Å². The molecule has 3 nitrogen and oxygen atoms in total. The molecular formula is C11H11BrO3. The smallest absolute Gasteiger partial charge is 0.313 e. The first kappa shape index (κ1) is 11.9. The Bertz CT molecular complexity index is 357. The minimum absolute atomic E-state index is 0.156. The zero-order valence-electron chi connectivity index (χ0n) is 8.33. The highest BCUT2D eigenvalue weighted by Gasteiger charge is 2.06. The molecule has 0 atom stereocenters. The van der Waals surface area contributed by atoms with E-state index in [0.717, 1.165) is 10.0 Å². The fourth-order valence-corrected chi connectivity index (χ4v) is 1.26. The van der Waals surface area contributed by atoms with Gasteiger partial charge in [0.05, 0.1) is 0 Å².